The van der Waals surface area contributed by atoms with Gasteiger partial charge < -0.3 is 0 Å². The molecule has 1 heterocycles. The number of hydrazone groups is 1. The molecule has 31 heavy (non-hydrogen) atoms. The average Bonchev–Trinajstić information content (AvgIpc) is 3.16. The molecule has 1 unspecified atom stereocenters. The van der Waals surface area contributed by atoms with E-state index in [0.29, 0.717) is 24.2 Å². The summed E-state index contributed by atoms with van der Waals surface area (Å²) in [5, 5.41) is 6.36. The van der Waals surface area contributed by atoms with Crippen LogP contribution in [0.1, 0.15) is 61.8 Å². The lowest BCUT2D eigenvalue weighted by Gasteiger charge is -2.23. The second kappa shape index (κ2) is 10.1. The molecule has 3 nitrogen and oxygen atoms in total. The topological polar surface area (TPSA) is 32.7 Å². The molecule has 0 fully saturated rings. The maximum Gasteiger partial charge on any atom is 0.416 e. The lowest BCUT2D eigenvalue weighted by Crippen LogP contribution is -2.20. The lowest BCUT2D eigenvalue weighted by molar-refractivity contribution is -0.137. The van der Waals surface area contributed by atoms with Crippen LogP contribution in [0.3, 0.4) is 0 Å². The van der Waals surface area contributed by atoms with Crippen LogP contribution in [0.15, 0.2) is 53.6 Å². The number of carbonyl (C=O) groups is 1. The number of halogens is 4. The first-order valence-electron chi connectivity index (χ1n) is 10.6. The molecule has 166 valence electrons. The van der Waals surface area contributed by atoms with Crippen molar-refractivity contribution in [1.82, 2.24) is 5.01 Å². The van der Waals surface area contributed by atoms with E-state index >= 15 is 0 Å². The highest BCUT2D eigenvalue weighted by Gasteiger charge is 2.32. The molecule has 0 aromatic heterocycles. The first-order chi connectivity index (χ1) is 14.8. The summed E-state index contributed by atoms with van der Waals surface area (Å²) in [4.78, 5) is 12.8. The van der Waals surface area contributed by atoms with Crippen molar-refractivity contribution in [3.8, 4) is 0 Å². The quantitative estimate of drug-likeness (QED) is 0.341. The zero-order valence-electron chi connectivity index (χ0n) is 17.5. The van der Waals surface area contributed by atoms with Crippen molar-refractivity contribution in [2.75, 3.05) is 6.54 Å². The number of benzene rings is 2. The number of rotatable bonds is 9. The first kappa shape index (κ1) is 23.0. The van der Waals surface area contributed by atoms with E-state index in [-0.39, 0.29) is 30.5 Å². The van der Waals surface area contributed by atoms with E-state index in [0.717, 1.165) is 37.0 Å². The smallest absolute Gasteiger partial charge is 0.293 e. The summed E-state index contributed by atoms with van der Waals surface area (Å²) in [5.74, 6) is -0.521. The molecule has 0 saturated heterocycles. The standard InChI is InChI=1S/C24H26F4N2O/c1-2-3-4-13-30-22(18-8-6-10-20(25)15-18)16-21(29-30)23(31)12-11-17-7-5-9-19(14-17)24(26,27)28/h5-10,14-15,22H,2-4,11-13,16H2,1H3. The van der Waals surface area contributed by atoms with Gasteiger partial charge in [-0.25, -0.2) is 4.39 Å². The van der Waals surface area contributed by atoms with E-state index in [2.05, 4.69) is 12.0 Å². The maximum atomic E-state index is 13.7. The van der Waals surface area contributed by atoms with Gasteiger partial charge in [0.25, 0.3) is 0 Å². The molecule has 0 aliphatic carbocycles. The van der Waals surface area contributed by atoms with E-state index in [1.165, 1.54) is 18.2 Å². The van der Waals surface area contributed by atoms with Crippen LogP contribution in [0.4, 0.5) is 17.6 Å². The number of alkyl halides is 3. The predicted octanol–water partition coefficient (Wildman–Crippen LogP) is 6.34. The van der Waals surface area contributed by atoms with Crippen molar-refractivity contribution in [1.29, 1.82) is 0 Å². The van der Waals surface area contributed by atoms with E-state index in [4.69, 9.17) is 0 Å². The fourth-order valence-electron chi connectivity index (χ4n) is 3.76. The molecule has 1 atom stereocenters. The second-order valence-electron chi connectivity index (χ2n) is 7.81. The molecule has 7 heteroatoms. The van der Waals surface area contributed by atoms with Crippen molar-refractivity contribution in [2.24, 2.45) is 5.10 Å². The molecule has 0 radical (unpaired) electrons. The third-order valence-corrected chi connectivity index (χ3v) is 5.44. The Balaban J connectivity index is 1.69. The largest absolute Gasteiger partial charge is 0.416 e. The molecular formula is C24H26F4N2O. The Bertz CT molecular complexity index is 939. The van der Waals surface area contributed by atoms with Crippen LogP contribution < -0.4 is 0 Å². The lowest BCUT2D eigenvalue weighted by atomic mass is 9.97. The van der Waals surface area contributed by atoms with Crippen LogP contribution >= 0.6 is 0 Å². The monoisotopic (exact) mass is 434 g/mol. The van der Waals surface area contributed by atoms with E-state index in [1.54, 1.807) is 12.1 Å². The van der Waals surface area contributed by atoms with Crippen molar-refractivity contribution in [2.45, 2.75) is 57.7 Å². The Labute approximate surface area is 179 Å². The Morgan fingerprint density at radius 1 is 1.13 bits per heavy atom. The Kier molecular flexibility index (Phi) is 7.46. The Hall–Kier alpha value is -2.70. The van der Waals surface area contributed by atoms with Crippen LogP contribution in [0.5, 0.6) is 0 Å². The minimum absolute atomic E-state index is 0.0822. The van der Waals surface area contributed by atoms with Crippen LogP contribution in [0.2, 0.25) is 0 Å². The van der Waals surface area contributed by atoms with Gasteiger partial charge in [0.1, 0.15) is 11.5 Å². The number of Topliss-reactive ketones (excluding diaryl/α,β-unsaturated/α-hetero) is 1. The molecule has 2 aromatic carbocycles. The van der Waals surface area contributed by atoms with Crippen molar-refractivity contribution < 1.29 is 22.4 Å². The molecule has 0 bridgehead atoms. The number of hydrogen-bond donors (Lipinski definition) is 0. The third kappa shape index (κ3) is 6.15. The first-order valence-corrected chi connectivity index (χ1v) is 10.6. The molecule has 1 aliphatic rings. The molecule has 0 spiro atoms. The highest BCUT2D eigenvalue weighted by atomic mass is 19.4. The van der Waals surface area contributed by atoms with Crippen molar-refractivity contribution in [3.63, 3.8) is 0 Å². The van der Waals surface area contributed by atoms with Gasteiger partial charge in [0.2, 0.25) is 0 Å². The van der Waals surface area contributed by atoms with Gasteiger partial charge in [-0.1, -0.05) is 50.1 Å². The van der Waals surface area contributed by atoms with Gasteiger partial charge in [0, 0.05) is 19.4 Å². The maximum absolute atomic E-state index is 13.7. The second-order valence-corrected chi connectivity index (χ2v) is 7.81. The van der Waals surface area contributed by atoms with Crippen molar-refractivity contribution >= 4 is 11.5 Å². The van der Waals surface area contributed by atoms with Gasteiger partial charge >= 0.3 is 6.18 Å². The Morgan fingerprint density at radius 3 is 2.61 bits per heavy atom. The molecule has 2 aromatic rings. The third-order valence-electron chi connectivity index (χ3n) is 5.44. The summed E-state index contributed by atoms with van der Waals surface area (Å²) in [7, 11) is 0. The van der Waals surface area contributed by atoms with E-state index in [9.17, 15) is 22.4 Å². The zero-order chi connectivity index (χ0) is 22.4. The molecule has 0 N–H and O–H groups in total. The number of nitrogens with zero attached hydrogens (tertiary/aromatic N) is 2. The zero-order valence-corrected chi connectivity index (χ0v) is 17.5. The molecule has 0 saturated carbocycles. The molecular weight excluding hydrogens is 408 g/mol. The summed E-state index contributed by atoms with van der Waals surface area (Å²) in [5.41, 5.74) is 0.908. The van der Waals surface area contributed by atoms with Crippen molar-refractivity contribution in [3.05, 3.63) is 71.0 Å². The summed E-state index contributed by atoms with van der Waals surface area (Å²) < 4.78 is 52.4. The molecule has 0 amide bonds. The highest BCUT2D eigenvalue weighted by Crippen LogP contribution is 2.32. The molecule has 3 rings (SSSR count). The Morgan fingerprint density at radius 2 is 1.90 bits per heavy atom. The summed E-state index contributed by atoms with van der Waals surface area (Å²) in [6.45, 7) is 2.76. The fraction of sp³-hybridized carbons (Fsp3) is 0.417. The number of carbonyl (C=O) groups excluding carboxylic acids is 1. The molecule has 1 aliphatic heterocycles. The number of ketones is 1. The summed E-state index contributed by atoms with van der Waals surface area (Å²) >= 11 is 0. The van der Waals surface area contributed by atoms with Crippen LogP contribution in [0.25, 0.3) is 0 Å². The van der Waals surface area contributed by atoms with Gasteiger partial charge in [-0.2, -0.15) is 18.3 Å². The summed E-state index contributed by atoms with van der Waals surface area (Å²) in [6.07, 6.45) is -0.756. The normalized spacial score (nSPS) is 16.5. The SMILES string of the molecule is CCCCCN1N=C(C(=O)CCc2cccc(C(F)(F)F)c2)CC1c1cccc(F)c1. The number of hydrogen-bond acceptors (Lipinski definition) is 3. The van der Waals surface area contributed by atoms with Crippen LogP contribution in [-0.2, 0) is 17.4 Å². The van der Waals surface area contributed by atoms with Crippen LogP contribution in [-0.4, -0.2) is 23.0 Å². The van der Waals surface area contributed by atoms with Gasteiger partial charge in [0.15, 0.2) is 5.78 Å². The average molecular weight is 434 g/mol. The minimum Gasteiger partial charge on any atom is -0.293 e. The minimum atomic E-state index is -4.41. The number of aryl methyl sites for hydroxylation is 1. The van der Waals surface area contributed by atoms with Gasteiger partial charge in [-0.3, -0.25) is 9.80 Å². The van der Waals surface area contributed by atoms with E-state index in [1.807, 2.05) is 11.1 Å². The fourth-order valence-corrected chi connectivity index (χ4v) is 3.76. The van der Waals surface area contributed by atoms with Gasteiger partial charge in [-0.05, 0) is 42.2 Å². The predicted molar refractivity (Wildman–Crippen MR) is 112 cm³/mol. The van der Waals surface area contributed by atoms with Gasteiger partial charge in [0.05, 0.1) is 11.6 Å². The summed E-state index contributed by atoms with van der Waals surface area (Å²) in [6, 6.07) is 11.1. The number of unbranched alkanes of at least 4 members (excludes halogenated alkanes) is 2. The van der Waals surface area contributed by atoms with Crippen LogP contribution in [0, 0.1) is 5.82 Å². The van der Waals surface area contributed by atoms with E-state index < -0.39 is 11.7 Å². The highest BCUT2D eigenvalue weighted by molar-refractivity contribution is 6.40. The van der Waals surface area contributed by atoms with Gasteiger partial charge in [-0.15, -0.1) is 0 Å².